The third-order valence-corrected chi connectivity index (χ3v) is 6.24. The van der Waals surface area contributed by atoms with Gasteiger partial charge >= 0.3 is 6.09 Å². The van der Waals surface area contributed by atoms with Gasteiger partial charge < -0.3 is 20.3 Å². The number of likely N-dealkylation sites (tertiary alicyclic amines) is 1. The number of benzene rings is 1. The summed E-state index contributed by atoms with van der Waals surface area (Å²) in [6, 6.07) is 9.59. The van der Waals surface area contributed by atoms with Crippen molar-refractivity contribution in [1.82, 2.24) is 20.4 Å². The van der Waals surface area contributed by atoms with Crippen LogP contribution < -0.4 is 10.6 Å². The van der Waals surface area contributed by atoms with Crippen LogP contribution in [0.2, 0.25) is 0 Å². The molecule has 1 amide bonds. The van der Waals surface area contributed by atoms with Crippen LogP contribution >= 0.6 is 0 Å². The van der Waals surface area contributed by atoms with Gasteiger partial charge in [0.1, 0.15) is 0 Å². The Hall–Kier alpha value is -2.28. The van der Waals surface area contributed by atoms with Crippen LogP contribution in [0, 0.1) is 0 Å². The Labute approximate surface area is 180 Å². The van der Waals surface area contributed by atoms with Gasteiger partial charge in [-0.1, -0.05) is 31.2 Å². The summed E-state index contributed by atoms with van der Waals surface area (Å²) in [6.07, 6.45) is 3.83. The number of carbonyl (C=O) groups excluding carboxylic acids is 1. The Morgan fingerprint density at radius 1 is 1.20 bits per heavy atom. The average Bonchev–Trinajstić information content (AvgIpc) is 2.79. The molecule has 1 aromatic rings. The third-order valence-electron chi connectivity index (χ3n) is 6.24. The van der Waals surface area contributed by atoms with E-state index in [1.807, 2.05) is 14.0 Å². The normalized spacial score (nSPS) is 19.2. The minimum absolute atomic E-state index is 0.202. The first-order valence-electron chi connectivity index (χ1n) is 11.3. The van der Waals surface area contributed by atoms with Gasteiger partial charge in [-0.05, 0) is 43.7 Å². The lowest BCUT2D eigenvalue weighted by Gasteiger charge is -2.36. The first kappa shape index (κ1) is 22.4. The van der Waals surface area contributed by atoms with Gasteiger partial charge in [0.15, 0.2) is 5.96 Å². The molecule has 166 valence electrons. The number of rotatable bonds is 6. The zero-order valence-corrected chi connectivity index (χ0v) is 18.7. The number of hydrogen-bond acceptors (Lipinski definition) is 4. The van der Waals surface area contributed by atoms with E-state index < -0.39 is 0 Å². The second-order valence-electron chi connectivity index (χ2n) is 8.11. The number of carbonyl (C=O) groups is 1. The van der Waals surface area contributed by atoms with Gasteiger partial charge in [0.25, 0.3) is 0 Å². The summed E-state index contributed by atoms with van der Waals surface area (Å²) in [5.41, 5.74) is 2.95. The van der Waals surface area contributed by atoms with Crippen LogP contribution in [0.25, 0.3) is 0 Å². The number of hydrogen-bond donors (Lipinski definition) is 2. The van der Waals surface area contributed by atoms with Crippen molar-refractivity contribution < 1.29 is 9.53 Å². The molecule has 2 N–H and O–H groups in total. The molecule has 0 aliphatic carbocycles. The van der Waals surface area contributed by atoms with Crippen LogP contribution in [0.5, 0.6) is 0 Å². The summed E-state index contributed by atoms with van der Waals surface area (Å²) in [6.45, 7) is 8.97. The molecule has 0 saturated carbocycles. The van der Waals surface area contributed by atoms with Crippen molar-refractivity contribution >= 4 is 12.1 Å². The topological polar surface area (TPSA) is 69.2 Å². The van der Waals surface area contributed by atoms with Crippen LogP contribution in [0.4, 0.5) is 4.79 Å². The van der Waals surface area contributed by atoms with Crippen LogP contribution in [0.3, 0.4) is 0 Å². The molecule has 2 heterocycles. The fraction of sp³-hybridized carbons (Fsp3) is 0.652. The number of aliphatic imine (C=N–C) groups is 1. The van der Waals surface area contributed by atoms with E-state index in [1.54, 1.807) is 4.90 Å². The van der Waals surface area contributed by atoms with Crippen LogP contribution in [0.1, 0.15) is 44.2 Å². The summed E-state index contributed by atoms with van der Waals surface area (Å²) < 4.78 is 5.10. The quantitative estimate of drug-likeness (QED) is 0.552. The lowest BCUT2D eigenvalue weighted by atomic mass is 9.98. The molecule has 1 fully saturated rings. The molecule has 1 aromatic carbocycles. The van der Waals surface area contributed by atoms with E-state index in [0.717, 1.165) is 64.4 Å². The lowest BCUT2D eigenvalue weighted by Crippen LogP contribution is -2.52. The summed E-state index contributed by atoms with van der Waals surface area (Å²) in [7, 11) is 1.82. The van der Waals surface area contributed by atoms with E-state index in [4.69, 9.17) is 4.74 Å². The first-order valence-corrected chi connectivity index (χ1v) is 11.3. The van der Waals surface area contributed by atoms with Crippen molar-refractivity contribution in [1.29, 1.82) is 0 Å². The number of nitrogens with zero attached hydrogens (tertiary/aromatic N) is 3. The molecule has 3 rings (SSSR count). The van der Waals surface area contributed by atoms with Crippen molar-refractivity contribution in [2.24, 2.45) is 4.99 Å². The molecule has 7 nitrogen and oxygen atoms in total. The van der Waals surface area contributed by atoms with Gasteiger partial charge in [-0.15, -0.1) is 0 Å². The van der Waals surface area contributed by atoms with E-state index in [1.165, 1.54) is 11.1 Å². The SMILES string of the molecule is CCOC(=O)N1CCC(NC(=NC)NCC(CC)N2CCc3ccccc3C2)CC1. The van der Waals surface area contributed by atoms with Gasteiger partial charge in [0.2, 0.25) is 0 Å². The Morgan fingerprint density at radius 3 is 2.60 bits per heavy atom. The molecule has 0 spiro atoms. The fourth-order valence-corrected chi connectivity index (χ4v) is 4.38. The molecule has 2 aliphatic heterocycles. The molecule has 0 radical (unpaired) electrons. The van der Waals surface area contributed by atoms with Gasteiger partial charge in [0, 0.05) is 51.9 Å². The number of guanidine groups is 1. The molecule has 1 unspecified atom stereocenters. The minimum atomic E-state index is -0.202. The molecule has 30 heavy (non-hydrogen) atoms. The fourth-order valence-electron chi connectivity index (χ4n) is 4.38. The van der Waals surface area contributed by atoms with Gasteiger partial charge in [-0.25, -0.2) is 4.79 Å². The summed E-state index contributed by atoms with van der Waals surface area (Å²) in [5, 5.41) is 7.07. The molecule has 0 bridgehead atoms. The maximum Gasteiger partial charge on any atom is 0.409 e. The molecule has 1 saturated heterocycles. The second-order valence-corrected chi connectivity index (χ2v) is 8.11. The zero-order valence-electron chi connectivity index (χ0n) is 18.7. The highest BCUT2D eigenvalue weighted by atomic mass is 16.6. The maximum atomic E-state index is 11.9. The highest BCUT2D eigenvalue weighted by molar-refractivity contribution is 5.80. The van der Waals surface area contributed by atoms with E-state index >= 15 is 0 Å². The summed E-state index contributed by atoms with van der Waals surface area (Å²) in [4.78, 5) is 20.7. The zero-order chi connectivity index (χ0) is 21.3. The molecule has 0 aromatic heterocycles. The number of fused-ring (bicyclic) bond motifs is 1. The van der Waals surface area contributed by atoms with Crippen LogP contribution in [0.15, 0.2) is 29.3 Å². The highest BCUT2D eigenvalue weighted by Gasteiger charge is 2.25. The summed E-state index contributed by atoms with van der Waals surface area (Å²) >= 11 is 0. The van der Waals surface area contributed by atoms with Crippen LogP contribution in [-0.2, 0) is 17.7 Å². The average molecular weight is 416 g/mol. The van der Waals surface area contributed by atoms with Crippen LogP contribution in [-0.4, -0.2) is 73.8 Å². The molecular formula is C23H37N5O2. The number of nitrogens with one attached hydrogen (secondary N) is 2. The number of piperidine rings is 1. The van der Waals surface area contributed by atoms with Crippen molar-refractivity contribution in [3.8, 4) is 0 Å². The van der Waals surface area contributed by atoms with E-state index in [0.29, 0.717) is 18.7 Å². The number of ether oxygens (including phenoxy) is 1. The summed E-state index contributed by atoms with van der Waals surface area (Å²) in [5.74, 6) is 0.848. The smallest absolute Gasteiger partial charge is 0.409 e. The maximum absolute atomic E-state index is 11.9. The van der Waals surface area contributed by atoms with Gasteiger partial charge in [-0.3, -0.25) is 9.89 Å². The van der Waals surface area contributed by atoms with Gasteiger partial charge in [-0.2, -0.15) is 0 Å². The number of amides is 1. The van der Waals surface area contributed by atoms with Gasteiger partial charge in [0.05, 0.1) is 6.61 Å². The largest absolute Gasteiger partial charge is 0.450 e. The third kappa shape index (κ3) is 5.88. The predicted octanol–water partition coefficient (Wildman–Crippen LogP) is 2.61. The van der Waals surface area contributed by atoms with Crippen molar-refractivity contribution in [3.63, 3.8) is 0 Å². The standard InChI is InChI=1S/C23H37N5O2/c1-4-21(28-13-10-18-8-6-7-9-19(18)17-28)16-25-22(24-3)26-20-11-14-27(15-12-20)23(29)30-5-2/h6-9,20-21H,4-5,10-17H2,1-3H3,(H2,24,25,26). The molecule has 7 heteroatoms. The van der Waals surface area contributed by atoms with Crippen molar-refractivity contribution in [2.45, 2.75) is 58.2 Å². The Balaban J connectivity index is 1.45. The van der Waals surface area contributed by atoms with Crippen molar-refractivity contribution in [3.05, 3.63) is 35.4 Å². The second kappa shape index (κ2) is 11.2. The monoisotopic (exact) mass is 415 g/mol. The van der Waals surface area contributed by atoms with E-state index in [2.05, 4.69) is 51.7 Å². The van der Waals surface area contributed by atoms with E-state index in [9.17, 15) is 4.79 Å². The first-order chi connectivity index (χ1) is 14.6. The predicted molar refractivity (Wildman–Crippen MR) is 121 cm³/mol. The lowest BCUT2D eigenvalue weighted by molar-refractivity contribution is 0.0963. The minimum Gasteiger partial charge on any atom is -0.450 e. The molecular weight excluding hydrogens is 378 g/mol. The Morgan fingerprint density at radius 2 is 1.93 bits per heavy atom. The Kier molecular flexibility index (Phi) is 8.37. The van der Waals surface area contributed by atoms with E-state index in [-0.39, 0.29) is 6.09 Å². The highest BCUT2D eigenvalue weighted by Crippen LogP contribution is 2.21. The Bertz CT molecular complexity index is 715. The van der Waals surface area contributed by atoms with Crippen molar-refractivity contribution in [2.75, 3.05) is 39.8 Å². The molecule has 2 aliphatic rings. The molecule has 1 atom stereocenters.